The lowest BCUT2D eigenvalue weighted by molar-refractivity contribution is -0.147. The van der Waals surface area contributed by atoms with Crippen molar-refractivity contribution < 1.29 is 9.18 Å². The van der Waals surface area contributed by atoms with Crippen LogP contribution in [0.4, 0.5) is 10.2 Å². The van der Waals surface area contributed by atoms with Crippen LogP contribution >= 0.6 is 0 Å². The Morgan fingerprint density at radius 2 is 1.91 bits per heavy atom. The number of amides is 1. The summed E-state index contributed by atoms with van der Waals surface area (Å²) in [5.74, 6) is 1.56. The molecule has 0 bridgehead atoms. The van der Waals surface area contributed by atoms with Crippen molar-refractivity contribution in [3.05, 3.63) is 53.2 Å². The van der Waals surface area contributed by atoms with Crippen LogP contribution in [0, 0.1) is 18.2 Å². The van der Waals surface area contributed by atoms with Gasteiger partial charge in [-0.15, -0.1) is 0 Å². The summed E-state index contributed by atoms with van der Waals surface area (Å²) in [6, 6.07) is 8.66. The molecule has 33 heavy (non-hydrogen) atoms. The molecule has 0 aliphatic carbocycles. The minimum atomic E-state index is -0.498. The molecule has 1 aromatic heterocycles. The van der Waals surface area contributed by atoms with Gasteiger partial charge in [0.2, 0.25) is 5.91 Å². The van der Waals surface area contributed by atoms with Crippen LogP contribution in [0.2, 0.25) is 0 Å². The lowest BCUT2D eigenvalue weighted by Gasteiger charge is -2.46. The zero-order chi connectivity index (χ0) is 23.6. The van der Waals surface area contributed by atoms with Crippen molar-refractivity contribution in [3.63, 3.8) is 0 Å². The molecule has 4 rings (SSSR count). The van der Waals surface area contributed by atoms with Gasteiger partial charge in [0.1, 0.15) is 17.5 Å². The largest absolute Gasteiger partial charge is 0.373 e. The summed E-state index contributed by atoms with van der Waals surface area (Å²) in [7, 11) is 3.96. The zero-order valence-corrected chi connectivity index (χ0v) is 20.3. The van der Waals surface area contributed by atoms with Crippen LogP contribution in [0.15, 0.2) is 30.3 Å². The van der Waals surface area contributed by atoms with Gasteiger partial charge in [0, 0.05) is 37.3 Å². The molecule has 0 radical (unpaired) electrons. The van der Waals surface area contributed by atoms with E-state index in [-0.39, 0.29) is 17.1 Å². The highest BCUT2D eigenvalue weighted by molar-refractivity contribution is 5.83. The van der Waals surface area contributed by atoms with Crippen LogP contribution in [0.5, 0.6) is 0 Å². The number of hydrogen-bond acceptors (Lipinski definition) is 5. The number of rotatable bonds is 5. The summed E-state index contributed by atoms with van der Waals surface area (Å²) in [6.45, 7) is 7.26. The summed E-state index contributed by atoms with van der Waals surface area (Å²) in [4.78, 5) is 28.0. The van der Waals surface area contributed by atoms with Gasteiger partial charge in [-0.2, -0.15) is 0 Å². The van der Waals surface area contributed by atoms with E-state index in [9.17, 15) is 9.18 Å². The molecule has 6 nitrogen and oxygen atoms in total. The second-order valence-corrected chi connectivity index (χ2v) is 10.2. The number of aromatic nitrogens is 2. The summed E-state index contributed by atoms with van der Waals surface area (Å²) in [5, 5.41) is 3.13. The summed E-state index contributed by atoms with van der Waals surface area (Å²) in [6.07, 6.45) is 4.02. The highest BCUT2D eigenvalue weighted by Crippen LogP contribution is 2.40. The number of carbonyl (C=O) groups excluding carboxylic acids is 1. The maximum atomic E-state index is 14.1. The van der Waals surface area contributed by atoms with Gasteiger partial charge in [-0.1, -0.05) is 19.1 Å². The lowest BCUT2D eigenvalue weighted by atomic mass is 9.71. The Labute approximate surface area is 196 Å². The molecule has 178 valence electrons. The molecule has 2 saturated heterocycles. The Hall–Kier alpha value is -2.54. The summed E-state index contributed by atoms with van der Waals surface area (Å²) >= 11 is 0. The number of piperidine rings is 2. The quantitative estimate of drug-likeness (QED) is 0.746. The molecule has 0 unspecified atom stereocenters. The molecular formula is C26H36FN5O. The molecule has 7 heteroatoms. The third-order valence-electron chi connectivity index (χ3n) is 7.46. The number of nitrogens with one attached hydrogen (secondary N) is 1. The first-order valence-electron chi connectivity index (χ1n) is 12.0. The van der Waals surface area contributed by atoms with Crippen molar-refractivity contribution in [3.8, 4) is 0 Å². The van der Waals surface area contributed by atoms with Gasteiger partial charge in [-0.3, -0.25) is 4.79 Å². The number of likely N-dealkylation sites (tertiary alicyclic amines) is 2. The second kappa shape index (κ2) is 9.37. The first-order chi connectivity index (χ1) is 15.7. The van der Waals surface area contributed by atoms with Gasteiger partial charge in [0.05, 0.1) is 5.41 Å². The van der Waals surface area contributed by atoms with Crippen molar-refractivity contribution in [1.82, 2.24) is 19.8 Å². The van der Waals surface area contributed by atoms with Gasteiger partial charge in [0.25, 0.3) is 0 Å². The molecule has 0 spiro atoms. The predicted octanol–water partition coefficient (Wildman–Crippen LogP) is 3.80. The number of benzene rings is 1. The molecule has 3 heterocycles. The molecule has 1 amide bonds. The fourth-order valence-corrected chi connectivity index (χ4v) is 5.45. The number of halogens is 1. The normalized spacial score (nSPS) is 23.4. The zero-order valence-electron chi connectivity index (χ0n) is 20.3. The third-order valence-corrected chi connectivity index (χ3v) is 7.46. The van der Waals surface area contributed by atoms with Crippen LogP contribution in [-0.2, 0) is 16.6 Å². The molecule has 2 aromatic rings. The summed E-state index contributed by atoms with van der Waals surface area (Å²) < 4.78 is 13.9. The Balaban J connectivity index is 1.61. The van der Waals surface area contributed by atoms with Gasteiger partial charge >= 0.3 is 0 Å². The number of anilines is 1. The van der Waals surface area contributed by atoms with Crippen molar-refractivity contribution in [1.29, 1.82) is 0 Å². The van der Waals surface area contributed by atoms with E-state index in [1.807, 2.05) is 31.0 Å². The Bertz CT molecular complexity index is 1000. The Kier molecular flexibility index (Phi) is 6.71. The smallest absolute Gasteiger partial charge is 0.229 e. The highest BCUT2D eigenvalue weighted by Gasteiger charge is 2.46. The number of carbonyl (C=O) groups is 1. The van der Waals surface area contributed by atoms with Gasteiger partial charge in [0.15, 0.2) is 0 Å². The van der Waals surface area contributed by atoms with E-state index >= 15 is 0 Å². The summed E-state index contributed by atoms with van der Waals surface area (Å²) in [5.41, 5.74) is 1.03. The molecule has 2 fully saturated rings. The number of nitrogens with zero attached hydrogens (tertiary/aromatic N) is 4. The maximum Gasteiger partial charge on any atom is 0.229 e. The molecule has 2 aliphatic heterocycles. The monoisotopic (exact) mass is 453 g/mol. The van der Waals surface area contributed by atoms with Crippen molar-refractivity contribution in [2.45, 2.75) is 51.4 Å². The molecule has 1 N–H and O–H groups in total. The fourth-order valence-electron chi connectivity index (χ4n) is 5.45. The van der Waals surface area contributed by atoms with Gasteiger partial charge in [-0.25, -0.2) is 14.4 Å². The minimum absolute atomic E-state index is 0.201. The predicted molar refractivity (Wildman–Crippen MR) is 129 cm³/mol. The minimum Gasteiger partial charge on any atom is -0.373 e. The third kappa shape index (κ3) is 5.03. The van der Waals surface area contributed by atoms with E-state index < -0.39 is 5.41 Å². The van der Waals surface area contributed by atoms with Crippen LogP contribution < -0.4 is 5.32 Å². The molecular weight excluding hydrogens is 417 g/mol. The molecule has 0 saturated carbocycles. The van der Waals surface area contributed by atoms with Crippen LogP contribution in [0.1, 0.15) is 49.7 Å². The van der Waals surface area contributed by atoms with Gasteiger partial charge < -0.3 is 15.1 Å². The average Bonchev–Trinajstić information content (AvgIpc) is 2.80. The van der Waals surface area contributed by atoms with E-state index in [1.165, 1.54) is 6.07 Å². The molecule has 1 atom stereocenters. The SMILES string of the molecule is CNc1cc(C)nc([C@@]2(C)CCCN(C(=O)C3(Cc4cccc(F)c4)CCN(C)CC3)C2)n1. The average molecular weight is 454 g/mol. The first kappa shape index (κ1) is 23.6. The topological polar surface area (TPSA) is 61.4 Å². The van der Waals surface area contributed by atoms with E-state index in [2.05, 4.69) is 24.2 Å². The maximum absolute atomic E-state index is 14.1. The van der Waals surface area contributed by atoms with E-state index in [1.54, 1.807) is 12.1 Å². The highest BCUT2D eigenvalue weighted by atomic mass is 19.1. The van der Waals surface area contributed by atoms with E-state index in [0.717, 1.165) is 68.2 Å². The number of hydrogen-bond donors (Lipinski definition) is 1. The van der Waals surface area contributed by atoms with Crippen LogP contribution in [-0.4, -0.2) is 65.9 Å². The first-order valence-corrected chi connectivity index (χ1v) is 12.0. The molecule has 1 aromatic carbocycles. The van der Waals surface area contributed by atoms with Gasteiger partial charge in [-0.05, 0) is 76.9 Å². The fraction of sp³-hybridized carbons (Fsp3) is 0.577. The van der Waals surface area contributed by atoms with E-state index in [0.29, 0.717) is 13.0 Å². The molecule has 2 aliphatic rings. The van der Waals surface area contributed by atoms with Crippen LogP contribution in [0.25, 0.3) is 0 Å². The lowest BCUT2D eigenvalue weighted by Crippen LogP contribution is -2.55. The van der Waals surface area contributed by atoms with E-state index in [4.69, 9.17) is 9.97 Å². The van der Waals surface area contributed by atoms with Crippen LogP contribution in [0.3, 0.4) is 0 Å². The second-order valence-electron chi connectivity index (χ2n) is 10.2. The standard InChI is InChI=1S/C26H36FN5O/c1-19-15-22(28-3)30-23(29-19)25(2)9-6-12-32(18-25)24(33)26(10-13-31(4)14-11-26)17-20-7-5-8-21(27)16-20/h5,7-8,15-16H,6,9-14,17-18H2,1-4H3,(H,28,29,30)/t25-/m0/s1. The number of aryl methyl sites for hydroxylation is 1. The Morgan fingerprint density at radius 3 is 2.61 bits per heavy atom. The van der Waals surface area contributed by atoms with Crippen molar-refractivity contribution >= 4 is 11.7 Å². The van der Waals surface area contributed by atoms with Crippen molar-refractivity contribution in [2.24, 2.45) is 5.41 Å². The Morgan fingerprint density at radius 1 is 1.15 bits per heavy atom. The van der Waals surface area contributed by atoms with Crippen molar-refractivity contribution in [2.75, 3.05) is 45.6 Å².